The molecule has 3 aromatic heterocycles. The highest BCUT2D eigenvalue weighted by Crippen LogP contribution is 2.22. The number of aromatic amines is 1. The largest absolute Gasteiger partial charge is 0.335 e. The van der Waals surface area contributed by atoms with E-state index in [9.17, 15) is 0 Å². The number of imidazole rings is 1. The molecule has 0 amide bonds. The molecule has 0 radical (unpaired) electrons. The number of aromatic nitrogens is 4. The summed E-state index contributed by atoms with van der Waals surface area (Å²) in [6.07, 6.45) is 3.23. The molecule has 0 unspecified atom stereocenters. The van der Waals surface area contributed by atoms with Crippen molar-refractivity contribution in [3.05, 3.63) is 30.0 Å². The Morgan fingerprint density at radius 3 is 3.14 bits per heavy atom. The minimum absolute atomic E-state index is 0.711. The molecule has 0 saturated carbocycles. The lowest BCUT2D eigenvalue weighted by Gasteiger charge is -1.85. The van der Waals surface area contributed by atoms with Gasteiger partial charge in [-0.1, -0.05) is 6.07 Å². The summed E-state index contributed by atoms with van der Waals surface area (Å²) < 4.78 is 0. The predicted octanol–water partition coefficient (Wildman–Crippen LogP) is 2.08. The Labute approximate surface area is 83.7 Å². The zero-order valence-corrected chi connectivity index (χ0v) is 7.95. The second-order valence-electron chi connectivity index (χ2n) is 2.82. The maximum absolute atomic E-state index is 4.36. The summed E-state index contributed by atoms with van der Waals surface area (Å²) in [4.78, 5) is 16.6. The van der Waals surface area contributed by atoms with Crippen LogP contribution in [0, 0.1) is 0 Å². The quantitative estimate of drug-likeness (QED) is 0.657. The predicted molar refractivity (Wildman–Crippen MR) is 55.0 cm³/mol. The van der Waals surface area contributed by atoms with Gasteiger partial charge in [0.15, 0.2) is 11.5 Å². The van der Waals surface area contributed by atoms with Crippen LogP contribution in [0.4, 0.5) is 0 Å². The van der Waals surface area contributed by atoms with E-state index >= 15 is 0 Å². The first-order valence-electron chi connectivity index (χ1n) is 4.13. The van der Waals surface area contributed by atoms with Crippen LogP contribution in [-0.4, -0.2) is 19.9 Å². The van der Waals surface area contributed by atoms with E-state index in [1.165, 1.54) is 6.33 Å². The number of hydrogen-bond acceptors (Lipinski definition) is 4. The highest BCUT2D eigenvalue weighted by Gasteiger charge is 2.05. The van der Waals surface area contributed by atoms with Crippen LogP contribution in [0.2, 0.25) is 0 Å². The van der Waals surface area contributed by atoms with E-state index in [0.717, 1.165) is 16.2 Å². The maximum atomic E-state index is 4.36. The summed E-state index contributed by atoms with van der Waals surface area (Å²) in [6.45, 7) is 0. The average Bonchev–Trinajstić information content (AvgIpc) is 2.86. The van der Waals surface area contributed by atoms with E-state index in [0.29, 0.717) is 5.65 Å². The van der Waals surface area contributed by atoms with Crippen LogP contribution in [0.1, 0.15) is 0 Å². The molecule has 3 rings (SSSR count). The van der Waals surface area contributed by atoms with Gasteiger partial charge in [0.2, 0.25) is 0 Å². The van der Waals surface area contributed by atoms with Gasteiger partial charge in [-0.05, 0) is 11.4 Å². The second kappa shape index (κ2) is 2.88. The van der Waals surface area contributed by atoms with Gasteiger partial charge >= 0.3 is 0 Å². The number of rotatable bonds is 1. The summed E-state index contributed by atoms with van der Waals surface area (Å²) in [5.41, 5.74) is 1.58. The molecule has 0 atom stereocenters. The van der Waals surface area contributed by atoms with Gasteiger partial charge in [0.05, 0.1) is 11.1 Å². The minimum atomic E-state index is 0.711. The van der Waals surface area contributed by atoms with Crippen LogP contribution in [0.25, 0.3) is 21.9 Å². The molecule has 1 N–H and O–H groups in total. The molecule has 0 saturated heterocycles. The van der Waals surface area contributed by atoms with Gasteiger partial charge < -0.3 is 4.98 Å². The first-order chi connectivity index (χ1) is 6.93. The third-order valence-electron chi connectivity index (χ3n) is 1.92. The van der Waals surface area contributed by atoms with Crippen molar-refractivity contribution in [3.63, 3.8) is 0 Å². The molecule has 4 nitrogen and oxygen atoms in total. The fourth-order valence-corrected chi connectivity index (χ4v) is 1.96. The van der Waals surface area contributed by atoms with Crippen LogP contribution in [0.5, 0.6) is 0 Å². The van der Waals surface area contributed by atoms with Gasteiger partial charge in [-0.2, -0.15) is 0 Å². The van der Waals surface area contributed by atoms with E-state index in [2.05, 4.69) is 19.9 Å². The Morgan fingerprint density at radius 2 is 2.36 bits per heavy atom. The molecule has 5 heteroatoms. The van der Waals surface area contributed by atoms with E-state index in [1.807, 2.05) is 17.5 Å². The van der Waals surface area contributed by atoms with E-state index < -0.39 is 0 Å². The van der Waals surface area contributed by atoms with Gasteiger partial charge in [0.1, 0.15) is 11.8 Å². The highest BCUT2D eigenvalue weighted by atomic mass is 32.1. The molecule has 0 fully saturated rings. The number of hydrogen-bond donors (Lipinski definition) is 1. The van der Waals surface area contributed by atoms with Gasteiger partial charge in [-0.15, -0.1) is 11.3 Å². The molecule has 0 bridgehead atoms. The molecule has 0 aliphatic rings. The molecule has 3 heterocycles. The molecule has 0 spiro atoms. The van der Waals surface area contributed by atoms with Crippen molar-refractivity contribution >= 4 is 22.5 Å². The van der Waals surface area contributed by atoms with E-state index in [1.54, 1.807) is 17.5 Å². The maximum Gasteiger partial charge on any atom is 0.181 e. The molecule has 0 aromatic carbocycles. The lowest BCUT2D eigenvalue weighted by Crippen LogP contribution is -1.76. The van der Waals surface area contributed by atoms with Crippen molar-refractivity contribution < 1.29 is 0 Å². The van der Waals surface area contributed by atoms with Crippen LogP contribution in [0.3, 0.4) is 0 Å². The monoisotopic (exact) mass is 202 g/mol. The summed E-state index contributed by atoms with van der Waals surface area (Å²) in [5, 5.41) is 2.02. The fourth-order valence-electron chi connectivity index (χ4n) is 1.29. The first-order valence-corrected chi connectivity index (χ1v) is 5.01. The Bertz CT molecular complexity index is 522. The van der Waals surface area contributed by atoms with Crippen LogP contribution in [0.15, 0.2) is 30.0 Å². The molecule has 68 valence electrons. The summed E-state index contributed by atoms with van der Waals surface area (Å²) in [7, 11) is 0. The van der Waals surface area contributed by atoms with Crippen molar-refractivity contribution in [2.24, 2.45) is 0 Å². The lowest BCUT2D eigenvalue weighted by atomic mass is 10.4. The molecular formula is C9H6N4S. The second-order valence-corrected chi connectivity index (χ2v) is 3.77. The van der Waals surface area contributed by atoms with Crippen molar-refractivity contribution in [1.29, 1.82) is 0 Å². The topological polar surface area (TPSA) is 54.5 Å². The van der Waals surface area contributed by atoms with Crippen LogP contribution in [-0.2, 0) is 0 Å². The SMILES string of the molecule is c1csc(-c2nc3ncncc3[nH]2)c1. The Hall–Kier alpha value is -1.75. The fraction of sp³-hybridized carbons (Fsp3) is 0. The number of H-pyrrole nitrogens is 1. The first kappa shape index (κ1) is 7.64. The zero-order chi connectivity index (χ0) is 9.38. The number of fused-ring (bicyclic) bond motifs is 1. The van der Waals surface area contributed by atoms with Gasteiger partial charge in [0, 0.05) is 0 Å². The van der Waals surface area contributed by atoms with Crippen molar-refractivity contribution in [2.75, 3.05) is 0 Å². The number of nitrogens with one attached hydrogen (secondary N) is 1. The minimum Gasteiger partial charge on any atom is -0.335 e. The third-order valence-corrected chi connectivity index (χ3v) is 2.79. The molecule has 0 aliphatic carbocycles. The lowest BCUT2D eigenvalue weighted by molar-refractivity contribution is 1.20. The summed E-state index contributed by atoms with van der Waals surface area (Å²) in [6, 6.07) is 4.02. The number of nitrogens with zero attached hydrogens (tertiary/aromatic N) is 3. The molecule has 0 aliphatic heterocycles. The van der Waals surface area contributed by atoms with Gasteiger partial charge in [-0.25, -0.2) is 15.0 Å². The van der Waals surface area contributed by atoms with Gasteiger partial charge in [0.25, 0.3) is 0 Å². The van der Waals surface area contributed by atoms with E-state index in [4.69, 9.17) is 0 Å². The zero-order valence-electron chi connectivity index (χ0n) is 7.14. The number of thiophene rings is 1. The smallest absolute Gasteiger partial charge is 0.181 e. The van der Waals surface area contributed by atoms with Crippen molar-refractivity contribution in [1.82, 2.24) is 19.9 Å². The highest BCUT2D eigenvalue weighted by molar-refractivity contribution is 7.13. The van der Waals surface area contributed by atoms with Crippen molar-refractivity contribution in [3.8, 4) is 10.7 Å². The standard InChI is InChI=1S/C9H6N4S/c1-2-7(14-3-1)9-12-6-4-10-5-11-8(6)13-9/h1-5H,(H,10,11,12,13). The Morgan fingerprint density at radius 1 is 1.36 bits per heavy atom. The molecule has 3 aromatic rings. The Balaban J connectivity index is 2.24. The Kier molecular flexibility index (Phi) is 1.57. The summed E-state index contributed by atoms with van der Waals surface area (Å²) in [5.74, 6) is 0.857. The van der Waals surface area contributed by atoms with Crippen molar-refractivity contribution in [2.45, 2.75) is 0 Å². The summed E-state index contributed by atoms with van der Waals surface area (Å²) >= 11 is 1.65. The third kappa shape index (κ3) is 1.10. The molecule has 14 heavy (non-hydrogen) atoms. The molecular weight excluding hydrogens is 196 g/mol. The van der Waals surface area contributed by atoms with Crippen LogP contribution >= 0.6 is 11.3 Å². The van der Waals surface area contributed by atoms with Gasteiger partial charge in [-0.3, -0.25) is 0 Å². The van der Waals surface area contributed by atoms with Crippen LogP contribution < -0.4 is 0 Å². The average molecular weight is 202 g/mol. The van der Waals surface area contributed by atoms with E-state index in [-0.39, 0.29) is 0 Å². The normalized spacial score (nSPS) is 10.9.